The van der Waals surface area contributed by atoms with E-state index < -0.39 is 34.1 Å². The first-order chi connectivity index (χ1) is 22.3. The van der Waals surface area contributed by atoms with Gasteiger partial charge in [-0.15, -0.1) is 0 Å². The molecule has 0 aromatic heterocycles. The topological polar surface area (TPSA) is 96.0 Å². The molecular weight excluding hydrogens is 678 g/mol. The summed E-state index contributed by atoms with van der Waals surface area (Å²) in [6.45, 7) is 9.12. The van der Waals surface area contributed by atoms with Crippen molar-refractivity contribution in [1.29, 1.82) is 0 Å². The Hall–Kier alpha value is -4.15. The van der Waals surface area contributed by atoms with E-state index in [0.29, 0.717) is 12.4 Å². The number of sulfonamides is 1. The Morgan fingerprint density at radius 2 is 1.51 bits per heavy atom. The number of amides is 2. The summed E-state index contributed by atoms with van der Waals surface area (Å²) in [5, 5.41) is 3.05. The number of benzene rings is 4. The van der Waals surface area contributed by atoms with Gasteiger partial charge in [0.15, 0.2) is 0 Å². The highest BCUT2D eigenvalue weighted by atomic mass is 79.9. The van der Waals surface area contributed by atoms with E-state index in [0.717, 1.165) is 25.5 Å². The number of rotatable bonds is 13. The van der Waals surface area contributed by atoms with Gasteiger partial charge in [-0.2, -0.15) is 0 Å². The van der Waals surface area contributed by atoms with Crippen LogP contribution in [0.5, 0.6) is 5.75 Å². The zero-order valence-electron chi connectivity index (χ0n) is 27.4. The zero-order valence-corrected chi connectivity index (χ0v) is 29.8. The van der Waals surface area contributed by atoms with Crippen molar-refractivity contribution in [3.05, 3.63) is 124 Å². The van der Waals surface area contributed by atoms with Crippen LogP contribution in [0.3, 0.4) is 0 Å². The molecule has 248 valence electrons. The van der Waals surface area contributed by atoms with Crippen molar-refractivity contribution in [1.82, 2.24) is 10.2 Å². The molecule has 1 N–H and O–H groups in total. The number of hydrogen-bond donors (Lipinski definition) is 1. The van der Waals surface area contributed by atoms with Gasteiger partial charge in [-0.3, -0.25) is 13.9 Å². The normalized spacial score (nSPS) is 12.2. The van der Waals surface area contributed by atoms with Crippen molar-refractivity contribution >= 4 is 43.5 Å². The standard InChI is InChI=1S/C37H42BrN3O5S/c1-6-46-34-18-11-10-17-32(34)41(47(44,45)31-21-19-27(2)20-22-31)26-35(42)40(25-29-15-12-16-30(38)23-29)33(36(43)39-37(3,4)5)24-28-13-8-7-9-14-28/h7-23,33H,6,24-26H2,1-5H3,(H,39,43)/t33-/m1/s1. The van der Waals surface area contributed by atoms with Crippen LogP contribution < -0.4 is 14.4 Å². The lowest BCUT2D eigenvalue weighted by Crippen LogP contribution is -2.56. The fourth-order valence-corrected chi connectivity index (χ4v) is 7.00. The Morgan fingerprint density at radius 3 is 2.15 bits per heavy atom. The summed E-state index contributed by atoms with van der Waals surface area (Å²) in [4.78, 5) is 30.3. The molecule has 0 aliphatic carbocycles. The minimum absolute atomic E-state index is 0.0343. The molecule has 0 fully saturated rings. The van der Waals surface area contributed by atoms with Crippen LogP contribution in [0.15, 0.2) is 112 Å². The van der Waals surface area contributed by atoms with E-state index in [4.69, 9.17) is 4.74 Å². The average molecular weight is 721 g/mol. The van der Waals surface area contributed by atoms with Gasteiger partial charge in [0.05, 0.1) is 17.2 Å². The molecule has 0 aliphatic rings. The summed E-state index contributed by atoms with van der Waals surface area (Å²) in [5.74, 6) is -0.562. The van der Waals surface area contributed by atoms with Gasteiger partial charge in [0.1, 0.15) is 18.3 Å². The summed E-state index contributed by atoms with van der Waals surface area (Å²) in [6.07, 6.45) is 0.225. The summed E-state index contributed by atoms with van der Waals surface area (Å²) < 4.78 is 36.5. The fraction of sp³-hybridized carbons (Fsp3) is 0.297. The summed E-state index contributed by atoms with van der Waals surface area (Å²) in [7, 11) is -4.26. The number of anilines is 1. The number of hydrogen-bond acceptors (Lipinski definition) is 5. The molecule has 0 unspecified atom stereocenters. The molecule has 1 atom stereocenters. The molecule has 4 rings (SSSR count). The lowest BCUT2D eigenvalue weighted by atomic mass is 10.0. The van der Waals surface area contributed by atoms with Crippen LogP contribution in [0.4, 0.5) is 5.69 Å². The largest absolute Gasteiger partial charge is 0.492 e. The van der Waals surface area contributed by atoms with Gasteiger partial charge in [0.2, 0.25) is 11.8 Å². The van der Waals surface area contributed by atoms with Gasteiger partial charge >= 0.3 is 0 Å². The molecule has 0 saturated carbocycles. The quantitative estimate of drug-likeness (QED) is 0.162. The number of carbonyl (C=O) groups excluding carboxylic acids is 2. The number of halogens is 1. The van der Waals surface area contributed by atoms with Crippen molar-refractivity contribution < 1.29 is 22.7 Å². The highest BCUT2D eigenvalue weighted by molar-refractivity contribution is 9.10. The second kappa shape index (κ2) is 15.6. The summed E-state index contributed by atoms with van der Waals surface area (Å²) in [5.41, 5.74) is 2.18. The van der Waals surface area contributed by atoms with Crippen molar-refractivity contribution in [2.24, 2.45) is 0 Å². The number of para-hydroxylation sites is 2. The van der Waals surface area contributed by atoms with Gasteiger partial charge in [-0.1, -0.05) is 88.2 Å². The van der Waals surface area contributed by atoms with Gasteiger partial charge < -0.3 is 15.0 Å². The monoisotopic (exact) mass is 719 g/mol. The van der Waals surface area contributed by atoms with E-state index in [1.807, 2.05) is 89.2 Å². The minimum atomic E-state index is -4.26. The molecule has 0 saturated heterocycles. The molecule has 0 radical (unpaired) electrons. The molecule has 0 aliphatic heterocycles. The zero-order chi connectivity index (χ0) is 34.2. The lowest BCUT2D eigenvalue weighted by Gasteiger charge is -2.35. The van der Waals surface area contributed by atoms with Crippen molar-refractivity contribution in [2.45, 2.75) is 64.1 Å². The molecule has 0 heterocycles. The molecule has 2 amide bonds. The van der Waals surface area contributed by atoms with Crippen LogP contribution in [-0.2, 0) is 32.6 Å². The Morgan fingerprint density at radius 1 is 0.872 bits per heavy atom. The molecule has 4 aromatic carbocycles. The van der Waals surface area contributed by atoms with E-state index in [1.54, 1.807) is 36.4 Å². The van der Waals surface area contributed by atoms with Crippen molar-refractivity contribution in [3.8, 4) is 5.75 Å². The van der Waals surface area contributed by atoms with Crippen LogP contribution in [0, 0.1) is 6.92 Å². The fourth-order valence-electron chi connectivity index (χ4n) is 5.13. The van der Waals surface area contributed by atoms with Crippen LogP contribution in [-0.4, -0.2) is 49.9 Å². The third kappa shape index (κ3) is 9.68. The Balaban J connectivity index is 1.85. The number of nitrogens with one attached hydrogen (secondary N) is 1. The van der Waals surface area contributed by atoms with Crippen LogP contribution in [0.1, 0.15) is 44.4 Å². The molecule has 10 heteroatoms. The number of carbonyl (C=O) groups is 2. The highest BCUT2D eigenvalue weighted by Gasteiger charge is 2.36. The first-order valence-corrected chi connectivity index (χ1v) is 17.7. The Kier molecular flexibility index (Phi) is 11.9. The molecule has 4 aromatic rings. The van der Waals surface area contributed by atoms with E-state index in [9.17, 15) is 18.0 Å². The Labute approximate surface area is 286 Å². The summed E-state index contributed by atoms with van der Waals surface area (Å²) >= 11 is 3.52. The van der Waals surface area contributed by atoms with Gasteiger partial charge in [-0.05, 0) is 82.1 Å². The second-order valence-electron chi connectivity index (χ2n) is 12.3. The predicted octanol–water partition coefficient (Wildman–Crippen LogP) is 6.91. The van der Waals surface area contributed by atoms with E-state index in [1.165, 1.54) is 17.0 Å². The second-order valence-corrected chi connectivity index (χ2v) is 15.1. The van der Waals surface area contributed by atoms with Crippen molar-refractivity contribution in [3.63, 3.8) is 0 Å². The molecule has 8 nitrogen and oxygen atoms in total. The number of aryl methyl sites for hydroxylation is 1. The SMILES string of the molecule is CCOc1ccccc1N(CC(=O)N(Cc1cccc(Br)c1)[C@H](Cc1ccccc1)C(=O)NC(C)(C)C)S(=O)(=O)c1ccc(C)cc1. The van der Waals surface area contributed by atoms with Gasteiger partial charge in [0, 0.05) is 23.0 Å². The van der Waals surface area contributed by atoms with E-state index >= 15 is 0 Å². The highest BCUT2D eigenvalue weighted by Crippen LogP contribution is 2.33. The van der Waals surface area contributed by atoms with Crippen LogP contribution >= 0.6 is 15.9 Å². The van der Waals surface area contributed by atoms with Gasteiger partial charge in [-0.25, -0.2) is 8.42 Å². The predicted molar refractivity (Wildman–Crippen MR) is 190 cm³/mol. The lowest BCUT2D eigenvalue weighted by molar-refractivity contribution is -0.140. The number of nitrogens with zero attached hydrogens (tertiary/aromatic N) is 2. The number of ether oxygens (including phenoxy) is 1. The summed E-state index contributed by atoms with van der Waals surface area (Å²) in [6, 6.07) is 29.3. The maximum Gasteiger partial charge on any atom is 0.264 e. The average Bonchev–Trinajstić information content (AvgIpc) is 3.02. The molecule has 47 heavy (non-hydrogen) atoms. The first kappa shape index (κ1) is 35.7. The van der Waals surface area contributed by atoms with Crippen LogP contribution in [0.25, 0.3) is 0 Å². The molecule has 0 bridgehead atoms. The van der Waals surface area contributed by atoms with Crippen LogP contribution in [0.2, 0.25) is 0 Å². The maximum atomic E-state index is 14.7. The smallest absolute Gasteiger partial charge is 0.264 e. The molecule has 0 spiro atoms. The minimum Gasteiger partial charge on any atom is -0.492 e. The van der Waals surface area contributed by atoms with E-state index in [-0.39, 0.29) is 29.5 Å². The Bertz CT molecular complexity index is 1770. The van der Waals surface area contributed by atoms with E-state index in [2.05, 4.69) is 21.2 Å². The molecular formula is C37H42BrN3O5S. The maximum absolute atomic E-state index is 14.7. The van der Waals surface area contributed by atoms with Crippen molar-refractivity contribution in [2.75, 3.05) is 17.5 Å². The third-order valence-electron chi connectivity index (χ3n) is 7.33. The first-order valence-electron chi connectivity index (χ1n) is 15.5. The van der Waals surface area contributed by atoms with Gasteiger partial charge in [0.25, 0.3) is 10.0 Å². The third-order valence-corrected chi connectivity index (χ3v) is 9.60.